The average molecular weight is 538 g/mol. The largest absolute Gasteiger partial charge is 0.367 e. The highest BCUT2D eigenvalue weighted by molar-refractivity contribution is 5.95. The molecule has 2 fully saturated rings. The minimum Gasteiger partial charge on any atom is -0.367 e. The summed E-state index contributed by atoms with van der Waals surface area (Å²) in [7, 11) is 2.17. The van der Waals surface area contributed by atoms with Crippen molar-refractivity contribution >= 4 is 33.5 Å². The number of anilines is 2. The molecule has 4 heterocycles. The third kappa shape index (κ3) is 6.21. The molecule has 7 heteroatoms. The maximum Gasteiger partial charge on any atom is 0.116 e. The summed E-state index contributed by atoms with van der Waals surface area (Å²) in [6, 6.07) is 6.46. The van der Waals surface area contributed by atoms with E-state index in [0.717, 1.165) is 66.3 Å². The molecule has 1 aromatic carbocycles. The Morgan fingerprint density at radius 3 is 2.58 bits per heavy atom. The standard InChI is InChI=1S/C33H43N7/c1-6-26(23-39-13-9-8-10-14-39)19-27(7-2)28-11-12-30-29(20-28)33(37-36-30)25(4)35-31-21-34-22-32(24(31)3)40-17-15-38(5)16-18-40/h6-7,11-12,19-22,35H,1,4,8-10,13-18,23H2,2-3,5H3,(H,36,37)/b26-19+,27-7+. The molecule has 7 nitrogen and oxygen atoms in total. The van der Waals surface area contributed by atoms with E-state index in [4.69, 9.17) is 0 Å². The van der Waals surface area contributed by atoms with Gasteiger partial charge in [0.05, 0.1) is 35.0 Å². The van der Waals surface area contributed by atoms with Crippen LogP contribution in [0.2, 0.25) is 0 Å². The topological polar surface area (TPSA) is 63.3 Å². The van der Waals surface area contributed by atoms with E-state index in [1.807, 2.05) is 18.5 Å². The summed E-state index contributed by atoms with van der Waals surface area (Å²) < 4.78 is 0. The lowest BCUT2D eigenvalue weighted by Gasteiger charge is -2.35. The van der Waals surface area contributed by atoms with Crippen molar-refractivity contribution in [2.75, 3.05) is 63.1 Å². The summed E-state index contributed by atoms with van der Waals surface area (Å²) in [6.07, 6.45) is 14.2. The Kier molecular flexibility index (Phi) is 8.82. The molecule has 0 bridgehead atoms. The fourth-order valence-corrected chi connectivity index (χ4v) is 5.73. The number of nitrogens with zero attached hydrogens (tertiary/aromatic N) is 5. The Morgan fingerprint density at radius 1 is 1.07 bits per heavy atom. The Bertz CT molecular complexity index is 1420. The summed E-state index contributed by atoms with van der Waals surface area (Å²) in [6.45, 7) is 20.1. The van der Waals surface area contributed by atoms with Crippen molar-refractivity contribution in [1.82, 2.24) is 25.0 Å². The van der Waals surface area contributed by atoms with E-state index in [-0.39, 0.29) is 0 Å². The van der Waals surface area contributed by atoms with Crippen LogP contribution in [-0.4, -0.2) is 77.8 Å². The van der Waals surface area contributed by atoms with E-state index >= 15 is 0 Å². The van der Waals surface area contributed by atoms with Crippen molar-refractivity contribution in [3.8, 4) is 0 Å². The highest BCUT2D eigenvalue weighted by atomic mass is 15.3. The Balaban J connectivity index is 1.37. The van der Waals surface area contributed by atoms with E-state index in [2.05, 4.69) is 99.6 Å². The van der Waals surface area contributed by atoms with Crippen molar-refractivity contribution in [3.05, 3.63) is 84.4 Å². The minimum atomic E-state index is 0.748. The molecular weight excluding hydrogens is 494 g/mol. The molecule has 3 aromatic rings. The molecule has 2 aliphatic rings. The molecule has 2 aliphatic heterocycles. The molecule has 40 heavy (non-hydrogen) atoms. The van der Waals surface area contributed by atoms with E-state index in [1.165, 1.54) is 54.7 Å². The van der Waals surface area contributed by atoms with Gasteiger partial charge in [0, 0.05) is 38.1 Å². The molecule has 2 aromatic heterocycles. The van der Waals surface area contributed by atoms with Gasteiger partial charge in [-0.3, -0.25) is 15.0 Å². The van der Waals surface area contributed by atoms with E-state index in [9.17, 15) is 0 Å². The van der Waals surface area contributed by atoms with Crippen LogP contribution in [0, 0.1) is 6.92 Å². The smallest absolute Gasteiger partial charge is 0.116 e. The molecule has 0 amide bonds. The van der Waals surface area contributed by atoms with Crippen LogP contribution < -0.4 is 10.2 Å². The first kappa shape index (κ1) is 27.9. The lowest BCUT2D eigenvalue weighted by Crippen LogP contribution is -2.44. The summed E-state index contributed by atoms with van der Waals surface area (Å²) >= 11 is 0. The third-order valence-corrected chi connectivity index (χ3v) is 8.27. The number of benzene rings is 1. The number of aromatic amines is 1. The number of pyridine rings is 1. The van der Waals surface area contributed by atoms with Crippen molar-refractivity contribution in [2.24, 2.45) is 0 Å². The number of aromatic nitrogens is 3. The molecule has 2 N–H and O–H groups in total. The van der Waals surface area contributed by atoms with Crippen LogP contribution in [0.4, 0.5) is 11.4 Å². The zero-order valence-corrected chi connectivity index (χ0v) is 24.3. The van der Waals surface area contributed by atoms with Crippen LogP contribution in [0.15, 0.2) is 67.6 Å². The molecular formula is C33H43N7. The maximum atomic E-state index is 4.64. The highest BCUT2D eigenvalue weighted by Gasteiger charge is 2.19. The van der Waals surface area contributed by atoms with Gasteiger partial charge in [0.15, 0.2) is 0 Å². The van der Waals surface area contributed by atoms with Crippen LogP contribution >= 0.6 is 0 Å². The molecule has 2 saturated heterocycles. The van der Waals surface area contributed by atoms with Crippen LogP contribution in [0.5, 0.6) is 0 Å². The number of piperazine rings is 1. The summed E-state index contributed by atoms with van der Waals surface area (Å²) in [5.41, 5.74) is 9.43. The van der Waals surface area contributed by atoms with Gasteiger partial charge in [-0.15, -0.1) is 0 Å². The Morgan fingerprint density at radius 2 is 1.85 bits per heavy atom. The van der Waals surface area contributed by atoms with Gasteiger partial charge in [-0.1, -0.05) is 43.9 Å². The second-order valence-electron chi connectivity index (χ2n) is 11.1. The van der Waals surface area contributed by atoms with Gasteiger partial charge in [-0.05, 0) is 81.2 Å². The maximum absolute atomic E-state index is 4.64. The normalized spacial score (nSPS) is 17.8. The fraction of sp³-hybridized carbons (Fsp3) is 0.394. The quantitative estimate of drug-likeness (QED) is 0.322. The summed E-state index contributed by atoms with van der Waals surface area (Å²) in [5.74, 6) is 0. The number of allylic oxidation sites excluding steroid dienone is 3. The molecule has 0 aliphatic carbocycles. The van der Waals surface area contributed by atoms with Crippen LogP contribution in [0.1, 0.15) is 43.0 Å². The van der Waals surface area contributed by atoms with Crippen molar-refractivity contribution in [2.45, 2.75) is 33.1 Å². The Labute approximate surface area is 239 Å². The number of hydrogen-bond acceptors (Lipinski definition) is 6. The molecule has 5 rings (SSSR count). The van der Waals surface area contributed by atoms with Gasteiger partial charge < -0.3 is 15.1 Å². The minimum absolute atomic E-state index is 0.748. The number of likely N-dealkylation sites (N-methyl/N-ethyl adjacent to an activating group) is 1. The number of likely N-dealkylation sites (tertiary alicyclic amines) is 1. The first-order valence-electron chi connectivity index (χ1n) is 14.5. The first-order valence-corrected chi connectivity index (χ1v) is 14.5. The predicted octanol–water partition coefficient (Wildman–Crippen LogP) is 6.10. The average Bonchev–Trinajstić information content (AvgIpc) is 3.41. The third-order valence-electron chi connectivity index (χ3n) is 8.27. The van der Waals surface area contributed by atoms with E-state index in [0.29, 0.717) is 0 Å². The van der Waals surface area contributed by atoms with Gasteiger partial charge in [-0.2, -0.15) is 5.10 Å². The van der Waals surface area contributed by atoms with Gasteiger partial charge in [0.1, 0.15) is 5.69 Å². The Hall–Kier alpha value is -3.68. The number of fused-ring (bicyclic) bond motifs is 1. The molecule has 0 atom stereocenters. The predicted molar refractivity (Wildman–Crippen MR) is 170 cm³/mol. The summed E-state index contributed by atoms with van der Waals surface area (Å²) in [4.78, 5) is 11.9. The zero-order chi connectivity index (χ0) is 28.1. The molecule has 210 valence electrons. The first-order chi connectivity index (χ1) is 19.5. The summed E-state index contributed by atoms with van der Waals surface area (Å²) in [5, 5.41) is 12.4. The SMILES string of the molecule is C=C/C(=C\C(=C/C)c1ccc2[nH]nc(C(=C)Nc3cncc(N4CCN(C)CC4)c3C)c2c1)CN1CCCCC1. The van der Waals surface area contributed by atoms with Gasteiger partial charge in [0.2, 0.25) is 0 Å². The van der Waals surface area contributed by atoms with E-state index in [1.54, 1.807) is 0 Å². The molecule has 0 unspecified atom stereocenters. The number of rotatable bonds is 9. The van der Waals surface area contributed by atoms with E-state index < -0.39 is 0 Å². The lowest BCUT2D eigenvalue weighted by molar-refractivity contribution is 0.248. The molecule has 0 spiro atoms. The molecule has 0 radical (unpaired) electrons. The van der Waals surface area contributed by atoms with Crippen molar-refractivity contribution < 1.29 is 0 Å². The monoisotopic (exact) mass is 537 g/mol. The number of nitrogens with one attached hydrogen (secondary N) is 2. The zero-order valence-electron chi connectivity index (χ0n) is 24.3. The lowest BCUT2D eigenvalue weighted by atomic mass is 9.99. The second-order valence-corrected chi connectivity index (χ2v) is 11.1. The second kappa shape index (κ2) is 12.7. The van der Waals surface area contributed by atoms with Crippen LogP contribution in [0.3, 0.4) is 0 Å². The fourth-order valence-electron chi connectivity index (χ4n) is 5.73. The van der Waals surface area contributed by atoms with Crippen molar-refractivity contribution in [1.29, 1.82) is 0 Å². The van der Waals surface area contributed by atoms with Crippen molar-refractivity contribution in [3.63, 3.8) is 0 Å². The van der Waals surface area contributed by atoms with Crippen LogP contribution in [0.25, 0.3) is 22.2 Å². The number of H-pyrrole nitrogens is 1. The highest BCUT2D eigenvalue weighted by Crippen LogP contribution is 2.31. The van der Waals surface area contributed by atoms with Gasteiger partial charge >= 0.3 is 0 Å². The number of piperidine rings is 1. The van der Waals surface area contributed by atoms with Gasteiger partial charge in [-0.25, -0.2) is 0 Å². The molecule has 0 saturated carbocycles. The number of hydrogen-bond donors (Lipinski definition) is 2. The van der Waals surface area contributed by atoms with Crippen LogP contribution in [-0.2, 0) is 0 Å². The van der Waals surface area contributed by atoms with Gasteiger partial charge in [0.25, 0.3) is 0 Å².